The van der Waals surface area contributed by atoms with Crippen LogP contribution in [0.2, 0.25) is 0 Å². The fraction of sp³-hybridized carbons (Fsp3) is 0.324. The number of aliphatic hydroxyl groups is 1. The van der Waals surface area contributed by atoms with Crippen molar-refractivity contribution in [3.63, 3.8) is 0 Å². The van der Waals surface area contributed by atoms with Gasteiger partial charge in [0, 0.05) is 25.3 Å². The van der Waals surface area contributed by atoms with Crippen molar-refractivity contribution in [2.75, 3.05) is 24.6 Å². The molecule has 6 atom stereocenters. The van der Waals surface area contributed by atoms with E-state index in [1.165, 1.54) is 4.90 Å². The summed E-state index contributed by atoms with van der Waals surface area (Å²) in [5.74, 6) is -2.61. The summed E-state index contributed by atoms with van der Waals surface area (Å²) in [5, 5.41) is 10.8. The molecule has 0 bridgehead atoms. The first-order valence-electron chi connectivity index (χ1n) is 15.6. The van der Waals surface area contributed by atoms with Gasteiger partial charge in [-0.2, -0.15) is 0 Å². The number of ether oxygens (including phenoxy) is 1. The summed E-state index contributed by atoms with van der Waals surface area (Å²) < 4.78 is 6.84. The first kappa shape index (κ1) is 29.2. The molecule has 0 saturated carbocycles. The van der Waals surface area contributed by atoms with E-state index in [-0.39, 0.29) is 24.3 Å². The van der Waals surface area contributed by atoms with Crippen molar-refractivity contribution >= 4 is 23.4 Å². The SMILES string of the molecule is Cc1ccc(C)c(N2CC=C[C@]34O[C@H]5C=CCN(Cc6ccccc6)C(=O)[C@H]5[C@H]3C(=O)N([C@H](CO)c3ccccc3)C4C2=O)c1. The highest BCUT2D eigenvalue weighted by atomic mass is 16.5. The van der Waals surface area contributed by atoms with Crippen LogP contribution < -0.4 is 4.90 Å². The molecule has 2 saturated heterocycles. The van der Waals surface area contributed by atoms with Gasteiger partial charge in [-0.3, -0.25) is 14.4 Å². The van der Waals surface area contributed by atoms with Crippen molar-refractivity contribution in [2.24, 2.45) is 11.8 Å². The molecule has 3 amide bonds. The second-order valence-electron chi connectivity index (χ2n) is 12.5. The van der Waals surface area contributed by atoms with Crippen LogP contribution >= 0.6 is 0 Å². The lowest BCUT2D eigenvalue weighted by Gasteiger charge is -2.39. The van der Waals surface area contributed by atoms with E-state index in [2.05, 4.69) is 0 Å². The summed E-state index contributed by atoms with van der Waals surface area (Å²) in [7, 11) is 0. The van der Waals surface area contributed by atoms with Gasteiger partial charge in [-0.05, 0) is 42.2 Å². The van der Waals surface area contributed by atoms with E-state index in [9.17, 15) is 19.5 Å². The van der Waals surface area contributed by atoms with Crippen LogP contribution in [-0.4, -0.2) is 70.1 Å². The number of carbonyl (C=O) groups excluding carboxylic acids is 3. The van der Waals surface area contributed by atoms with E-state index < -0.39 is 42.2 Å². The molecule has 0 radical (unpaired) electrons. The molecule has 0 aliphatic carbocycles. The van der Waals surface area contributed by atoms with E-state index in [4.69, 9.17) is 4.74 Å². The van der Waals surface area contributed by atoms with E-state index in [1.54, 1.807) is 9.80 Å². The maximum atomic E-state index is 14.9. The van der Waals surface area contributed by atoms with Crippen molar-refractivity contribution in [1.82, 2.24) is 9.80 Å². The summed E-state index contributed by atoms with van der Waals surface area (Å²) in [6.07, 6.45) is 6.86. The number of carbonyl (C=O) groups is 3. The number of fused-ring (bicyclic) bond motifs is 2. The van der Waals surface area contributed by atoms with Gasteiger partial charge in [0.2, 0.25) is 11.8 Å². The lowest BCUT2D eigenvalue weighted by molar-refractivity contribution is -0.147. The number of anilines is 1. The van der Waals surface area contributed by atoms with Crippen molar-refractivity contribution < 1.29 is 24.2 Å². The van der Waals surface area contributed by atoms with E-state index >= 15 is 0 Å². The van der Waals surface area contributed by atoms with Crippen LogP contribution in [0.25, 0.3) is 0 Å². The Morgan fingerprint density at radius 3 is 2.36 bits per heavy atom. The number of amides is 3. The molecule has 45 heavy (non-hydrogen) atoms. The normalized spacial score (nSPS) is 28.1. The average molecular weight is 604 g/mol. The van der Waals surface area contributed by atoms with Crippen LogP contribution in [-0.2, 0) is 25.7 Å². The summed E-state index contributed by atoms with van der Waals surface area (Å²) in [6, 6.07) is 23.1. The average Bonchev–Trinajstić information content (AvgIpc) is 3.37. The van der Waals surface area contributed by atoms with E-state index in [0.29, 0.717) is 18.7 Å². The molecule has 1 spiro atoms. The summed E-state index contributed by atoms with van der Waals surface area (Å²) in [5.41, 5.74) is 3.00. The number of hydrogen-bond donors (Lipinski definition) is 1. The predicted molar refractivity (Wildman–Crippen MR) is 170 cm³/mol. The van der Waals surface area contributed by atoms with Crippen LogP contribution in [0, 0.1) is 25.7 Å². The van der Waals surface area contributed by atoms with Gasteiger partial charge < -0.3 is 24.5 Å². The zero-order valence-electron chi connectivity index (χ0n) is 25.5. The van der Waals surface area contributed by atoms with E-state index in [1.807, 2.05) is 117 Å². The number of aryl methyl sites for hydroxylation is 2. The minimum atomic E-state index is -1.39. The number of benzene rings is 3. The number of nitrogens with zero attached hydrogens (tertiary/aromatic N) is 3. The largest absolute Gasteiger partial charge is 0.394 e. The molecular weight excluding hydrogens is 566 g/mol. The minimum Gasteiger partial charge on any atom is -0.394 e. The van der Waals surface area contributed by atoms with Gasteiger partial charge in [0.05, 0.1) is 30.6 Å². The molecule has 1 N–H and O–H groups in total. The molecule has 0 aromatic heterocycles. The molecule has 7 rings (SSSR count). The maximum Gasteiger partial charge on any atom is 0.253 e. The topological polar surface area (TPSA) is 90.4 Å². The molecule has 2 fully saturated rings. The van der Waals surface area contributed by atoms with Crippen LogP contribution in [0.4, 0.5) is 5.69 Å². The second-order valence-corrected chi connectivity index (χ2v) is 12.5. The minimum absolute atomic E-state index is 0.179. The van der Waals surface area contributed by atoms with E-state index in [0.717, 1.165) is 22.4 Å². The number of hydrogen-bond acceptors (Lipinski definition) is 5. The maximum absolute atomic E-state index is 14.9. The number of likely N-dealkylation sites (tertiary alicyclic amines) is 1. The molecule has 3 aromatic rings. The molecule has 4 aliphatic rings. The monoisotopic (exact) mass is 603 g/mol. The Labute approximate surface area is 263 Å². The van der Waals surface area contributed by atoms with Crippen LogP contribution in [0.1, 0.15) is 28.3 Å². The highest BCUT2D eigenvalue weighted by Gasteiger charge is 2.72. The second kappa shape index (κ2) is 11.4. The Bertz CT molecular complexity index is 1690. The van der Waals surface area contributed by atoms with Crippen molar-refractivity contribution in [3.05, 3.63) is 125 Å². The Morgan fingerprint density at radius 1 is 0.889 bits per heavy atom. The molecule has 8 heteroatoms. The first-order chi connectivity index (χ1) is 21.8. The summed E-state index contributed by atoms with van der Waals surface area (Å²) in [6.45, 7) is 4.62. The first-order valence-corrected chi connectivity index (χ1v) is 15.6. The fourth-order valence-corrected chi connectivity index (χ4v) is 7.67. The number of aliphatic hydroxyl groups excluding tert-OH is 1. The molecular formula is C37H37N3O5. The third kappa shape index (κ3) is 4.71. The Balaban J connectivity index is 1.35. The van der Waals surface area contributed by atoms with Crippen molar-refractivity contribution in [3.8, 4) is 0 Å². The summed E-state index contributed by atoms with van der Waals surface area (Å²) >= 11 is 0. The van der Waals surface area contributed by atoms with Crippen LogP contribution in [0.3, 0.4) is 0 Å². The van der Waals surface area contributed by atoms with Gasteiger partial charge in [-0.1, -0.05) is 97.1 Å². The molecule has 1 unspecified atom stereocenters. The summed E-state index contributed by atoms with van der Waals surface area (Å²) in [4.78, 5) is 49.2. The van der Waals surface area contributed by atoms with Gasteiger partial charge in [0.1, 0.15) is 11.6 Å². The van der Waals surface area contributed by atoms with Gasteiger partial charge >= 0.3 is 0 Å². The van der Waals surface area contributed by atoms with Crippen LogP contribution in [0.5, 0.6) is 0 Å². The Morgan fingerprint density at radius 2 is 1.62 bits per heavy atom. The highest BCUT2D eigenvalue weighted by Crippen LogP contribution is 2.55. The van der Waals surface area contributed by atoms with Crippen molar-refractivity contribution in [2.45, 2.75) is 44.2 Å². The van der Waals surface area contributed by atoms with Gasteiger partial charge in [-0.25, -0.2) is 0 Å². The quantitative estimate of drug-likeness (QED) is 0.429. The smallest absolute Gasteiger partial charge is 0.253 e. The third-order valence-electron chi connectivity index (χ3n) is 9.74. The zero-order chi connectivity index (χ0) is 31.3. The molecule has 8 nitrogen and oxygen atoms in total. The van der Waals surface area contributed by atoms with Crippen molar-refractivity contribution in [1.29, 1.82) is 0 Å². The molecule has 230 valence electrons. The zero-order valence-corrected chi connectivity index (χ0v) is 25.5. The van der Waals surface area contributed by atoms with Crippen LogP contribution in [0.15, 0.2) is 103 Å². The molecule has 3 aromatic carbocycles. The van der Waals surface area contributed by atoms with Gasteiger partial charge in [0.15, 0.2) is 0 Å². The lowest BCUT2D eigenvalue weighted by atomic mass is 9.77. The van der Waals surface area contributed by atoms with Gasteiger partial charge in [0.25, 0.3) is 5.91 Å². The standard InChI is InChI=1S/C37H37N3O5/c1-24-16-17-25(2)28(21-24)39-20-10-18-37-32(35(43)40(33(37)36(39)44)29(23-41)27-13-7-4-8-14-27)31-30(45-37)15-9-19-38(34(31)42)22-26-11-5-3-6-12-26/h3-18,21,29-33,41H,19-20,22-23H2,1-2H3/t29-,30+,31-,32+,33?,37+/m1/s1. The molecule has 4 aliphatic heterocycles. The number of rotatable bonds is 6. The lowest BCUT2D eigenvalue weighted by Crippen LogP contribution is -2.56. The molecule has 4 heterocycles. The van der Waals surface area contributed by atoms with Gasteiger partial charge in [-0.15, -0.1) is 0 Å². The predicted octanol–water partition coefficient (Wildman–Crippen LogP) is 4.12. The Kier molecular flexibility index (Phi) is 7.42. The highest BCUT2D eigenvalue weighted by molar-refractivity contribution is 6.06. The fourth-order valence-electron chi connectivity index (χ4n) is 7.67. The Hall–Kier alpha value is -4.53. The third-order valence-corrected chi connectivity index (χ3v) is 9.74.